The molecule has 29 heavy (non-hydrogen) atoms. The number of rotatable bonds is 2. The molecule has 0 bridgehead atoms. The third kappa shape index (κ3) is 3.81. The highest BCUT2D eigenvalue weighted by molar-refractivity contribution is 5.87. The van der Waals surface area contributed by atoms with Gasteiger partial charge in [0.2, 0.25) is 0 Å². The second-order valence-corrected chi connectivity index (χ2v) is 9.90. The van der Waals surface area contributed by atoms with E-state index in [0.29, 0.717) is 0 Å². The van der Waals surface area contributed by atoms with Gasteiger partial charge in [-0.05, 0) is 72.9 Å². The molecule has 3 aromatic rings. The molecule has 0 aromatic heterocycles. The second kappa shape index (κ2) is 7.02. The van der Waals surface area contributed by atoms with Crippen LogP contribution in [0.3, 0.4) is 0 Å². The van der Waals surface area contributed by atoms with Crippen LogP contribution in [0.5, 0.6) is 0 Å². The third-order valence-electron chi connectivity index (χ3n) is 6.07. The summed E-state index contributed by atoms with van der Waals surface area (Å²) in [6.45, 7) is 15.8. The van der Waals surface area contributed by atoms with Crippen LogP contribution in [0.2, 0.25) is 0 Å². The quantitative estimate of drug-likeness (QED) is 0.420. The first-order chi connectivity index (χ1) is 13.6. The minimum absolute atomic E-state index is 0.179. The van der Waals surface area contributed by atoms with Crippen LogP contribution >= 0.6 is 0 Å². The number of allylic oxidation sites excluding steroid dienone is 1. The second-order valence-electron chi connectivity index (χ2n) is 9.90. The minimum atomic E-state index is 0.179. The Balaban J connectivity index is 1.96. The van der Waals surface area contributed by atoms with Gasteiger partial charge in [-0.15, -0.1) is 0 Å². The smallest absolute Gasteiger partial charge is 0.00462 e. The summed E-state index contributed by atoms with van der Waals surface area (Å²) in [5.74, 6) is 0. The molecule has 1 aliphatic carbocycles. The zero-order chi connectivity index (χ0) is 20.9. The molecule has 0 N–H and O–H groups in total. The summed E-state index contributed by atoms with van der Waals surface area (Å²) >= 11 is 0. The van der Waals surface area contributed by atoms with Crippen molar-refractivity contribution in [2.75, 3.05) is 0 Å². The average molecular weight is 381 g/mol. The zero-order valence-electron chi connectivity index (χ0n) is 18.9. The van der Waals surface area contributed by atoms with E-state index in [9.17, 15) is 0 Å². The monoisotopic (exact) mass is 380 g/mol. The number of aryl methyl sites for hydroxylation is 4. The van der Waals surface area contributed by atoms with E-state index in [0.717, 1.165) is 6.42 Å². The Kier molecular flexibility index (Phi) is 4.77. The lowest BCUT2D eigenvalue weighted by Gasteiger charge is -2.20. The van der Waals surface area contributed by atoms with Crippen molar-refractivity contribution >= 4 is 6.08 Å². The van der Waals surface area contributed by atoms with E-state index < -0.39 is 0 Å². The average Bonchev–Trinajstić information content (AvgIpc) is 3.04. The summed E-state index contributed by atoms with van der Waals surface area (Å²) in [5, 5.41) is 0. The molecule has 4 rings (SSSR count). The van der Waals surface area contributed by atoms with E-state index in [1.54, 1.807) is 0 Å². The highest BCUT2D eigenvalue weighted by Crippen LogP contribution is 2.44. The molecule has 3 aromatic carbocycles. The van der Waals surface area contributed by atoms with Crippen LogP contribution < -0.4 is 0 Å². The van der Waals surface area contributed by atoms with Gasteiger partial charge in [0.05, 0.1) is 0 Å². The lowest BCUT2D eigenvalue weighted by molar-refractivity contribution is 0.498. The minimum Gasteiger partial charge on any atom is -0.0598 e. The molecule has 0 saturated carbocycles. The van der Waals surface area contributed by atoms with Crippen LogP contribution in [0.4, 0.5) is 0 Å². The van der Waals surface area contributed by atoms with Crippen LogP contribution in [-0.2, 0) is 6.42 Å². The van der Waals surface area contributed by atoms with Crippen molar-refractivity contribution in [2.45, 2.75) is 54.9 Å². The van der Waals surface area contributed by atoms with Crippen molar-refractivity contribution in [3.8, 4) is 22.3 Å². The third-order valence-corrected chi connectivity index (χ3v) is 6.07. The van der Waals surface area contributed by atoms with Gasteiger partial charge in [-0.3, -0.25) is 0 Å². The number of hydrogen-bond donors (Lipinski definition) is 0. The first kappa shape index (κ1) is 19.7. The topological polar surface area (TPSA) is 0 Å². The number of benzene rings is 3. The predicted octanol–water partition coefficient (Wildman–Crippen LogP) is 8.24. The molecule has 0 radical (unpaired) electrons. The van der Waals surface area contributed by atoms with Crippen molar-refractivity contribution in [1.82, 2.24) is 0 Å². The normalized spacial score (nSPS) is 13.4. The first-order valence-corrected chi connectivity index (χ1v) is 10.7. The van der Waals surface area contributed by atoms with E-state index in [1.807, 2.05) is 0 Å². The van der Waals surface area contributed by atoms with E-state index in [2.05, 4.69) is 103 Å². The van der Waals surface area contributed by atoms with Gasteiger partial charge < -0.3 is 0 Å². The van der Waals surface area contributed by atoms with Gasteiger partial charge >= 0.3 is 0 Å². The molecule has 0 unspecified atom stereocenters. The molecule has 0 fully saturated rings. The largest absolute Gasteiger partial charge is 0.0598 e. The number of hydrogen-bond acceptors (Lipinski definition) is 0. The molecule has 0 nitrogen and oxygen atoms in total. The maximum Gasteiger partial charge on any atom is -0.00462 e. The lowest BCUT2D eigenvalue weighted by Crippen LogP contribution is -2.09. The molecule has 148 valence electrons. The molecular weight excluding hydrogens is 348 g/mol. The van der Waals surface area contributed by atoms with Gasteiger partial charge in [-0.1, -0.05) is 103 Å². The SMILES string of the molecule is Cc1cc(C)cc(-c2ccc(-c3cc(C)cc(C)c3)c3c2C=C(C(C)(C)C)C3)c1. The molecule has 0 atom stereocenters. The number of fused-ring (bicyclic) bond motifs is 1. The summed E-state index contributed by atoms with van der Waals surface area (Å²) in [4.78, 5) is 0. The molecule has 0 heterocycles. The standard InChI is InChI=1S/C29H32/c1-18-10-19(2)13-22(12-18)25-8-9-26(23-14-20(3)11-21(4)15-23)28-17-24(16-27(25)28)29(5,6)7/h8-16H,17H2,1-7H3. The van der Waals surface area contributed by atoms with E-state index in [-0.39, 0.29) is 5.41 Å². The Morgan fingerprint density at radius 3 is 1.55 bits per heavy atom. The van der Waals surface area contributed by atoms with E-state index in [4.69, 9.17) is 0 Å². The van der Waals surface area contributed by atoms with Crippen LogP contribution in [0.15, 0.2) is 54.1 Å². The van der Waals surface area contributed by atoms with Crippen LogP contribution in [0.25, 0.3) is 28.3 Å². The maximum atomic E-state index is 2.47. The Morgan fingerprint density at radius 2 is 1.07 bits per heavy atom. The zero-order valence-corrected chi connectivity index (χ0v) is 18.9. The predicted molar refractivity (Wildman–Crippen MR) is 127 cm³/mol. The van der Waals surface area contributed by atoms with Gasteiger partial charge in [0, 0.05) is 0 Å². The van der Waals surface area contributed by atoms with Crippen molar-refractivity contribution in [1.29, 1.82) is 0 Å². The van der Waals surface area contributed by atoms with Crippen molar-refractivity contribution in [2.24, 2.45) is 5.41 Å². The fraction of sp³-hybridized carbons (Fsp3) is 0.310. The molecular formula is C29H32. The van der Waals surface area contributed by atoms with Crippen LogP contribution in [0.1, 0.15) is 54.2 Å². The van der Waals surface area contributed by atoms with Crippen molar-refractivity contribution in [3.05, 3.63) is 87.5 Å². The summed E-state index contributed by atoms with van der Waals surface area (Å²) < 4.78 is 0. The van der Waals surface area contributed by atoms with Crippen molar-refractivity contribution < 1.29 is 0 Å². The van der Waals surface area contributed by atoms with Gasteiger partial charge in [0.25, 0.3) is 0 Å². The van der Waals surface area contributed by atoms with Crippen molar-refractivity contribution in [3.63, 3.8) is 0 Å². The Labute approximate surface area is 176 Å². The van der Waals surface area contributed by atoms with Crippen LogP contribution in [0, 0.1) is 33.1 Å². The highest BCUT2D eigenvalue weighted by Gasteiger charge is 2.27. The van der Waals surface area contributed by atoms with Gasteiger partial charge in [0.1, 0.15) is 0 Å². The molecule has 0 spiro atoms. The fourth-order valence-electron chi connectivity index (χ4n) is 4.70. The summed E-state index contributed by atoms with van der Waals surface area (Å²) in [6, 6.07) is 18.5. The molecule has 0 saturated heterocycles. The van der Waals surface area contributed by atoms with E-state index in [1.165, 1.54) is 61.2 Å². The molecule has 0 heteroatoms. The summed E-state index contributed by atoms with van der Waals surface area (Å²) in [5.41, 5.74) is 15.3. The first-order valence-electron chi connectivity index (χ1n) is 10.7. The Hall–Kier alpha value is -2.60. The van der Waals surface area contributed by atoms with E-state index >= 15 is 0 Å². The van der Waals surface area contributed by atoms with Crippen LogP contribution in [-0.4, -0.2) is 0 Å². The fourth-order valence-corrected chi connectivity index (χ4v) is 4.70. The van der Waals surface area contributed by atoms with Gasteiger partial charge in [0.15, 0.2) is 0 Å². The van der Waals surface area contributed by atoms with Gasteiger partial charge in [-0.25, -0.2) is 0 Å². The summed E-state index contributed by atoms with van der Waals surface area (Å²) in [6.07, 6.45) is 3.51. The Bertz CT molecular complexity index is 1090. The molecule has 1 aliphatic rings. The molecule has 0 aliphatic heterocycles. The Morgan fingerprint density at radius 1 is 0.621 bits per heavy atom. The highest BCUT2D eigenvalue weighted by atomic mass is 14.3. The maximum absolute atomic E-state index is 2.47. The summed E-state index contributed by atoms with van der Waals surface area (Å²) in [7, 11) is 0. The lowest BCUT2D eigenvalue weighted by atomic mass is 9.84. The van der Waals surface area contributed by atoms with Gasteiger partial charge in [-0.2, -0.15) is 0 Å². The molecule has 0 amide bonds.